The van der Waals surface area contributed by atoms with Gasteiger partial charge in [-0.05, 0) is 37.5 Å². The number of amides is 2. The van der Waals surface area contributed by atoms with Crippen LogP contribution in [0.25, 0.3) is 0 Å². The summed E-state index contributed by atoms with van der Waals surface area (Å²) in [5.74, 6) is -0.321. The summed E-state index contributed by atoms with van der Waals surface area (Å²) in [7, 11) is 0. The topological polar surface area (TPSA) is 61.4 Å². The lowest BCUT2D eigenvalue weighted by Crippen LogP contribution is -2.50. The van der Waals surface area contributed by atoms with Crippen LogP contribution in [0.3, 0.4) is 0 Å². The van der Waals surface area contributed by atoms with E-state index in [0.717, 1.165) is 6.42 Å². The molecule has 0 spiro atoms. The van der Waals surface area contributed by atoms with Crippen molar-refractivity contribution in [2.75, 3.05) is 6.61 Å². The van der Waals surface area contributed by atoms with Crippen molar-refractivity contribution in [2.45, 2.75) is 38.8 Å². The van der Waals surface area contributed by atoms with Gasteiger partial charge in [-0.15, -0.1) is 0 Å². The van der Waals surface area contributed by atoms with Crippen LogP contribution in [0.2, 0.25) is 0 Å². The molecule has 1 rings (SSSR count). The maximum absolute atomic E-state index is 13.0. The first-order valence-electron chi connectivity index (χ1n) is 6.40. The maximum Gasteiger partial charge on any atom is 0.315 e. The number of aliphatic hydroxyl groups is 1. The third-order valence-electron chi connectivity index (χ3n) is 3.20. The van der Waals surface area contributed by atoms with Gasteiger partial charge in [0.2, 0.25) is 0 Å². The molecular weight excluding hydrogens is 247 g/mol. The number of carbonyl (C=O) groups excluding carboxylic acids is 1. The highest BCUT2D eigenvalue weighted by Crippen LogP contribution is 2.13. The lowest BCUT2D eigenvalue weighted by atomic mass is 9.95. The second-order valence-electron chi connectivity index (χ2n) is 4.83. The first-order valence-corrected chi connectivity index (χ1v) is 6.40. The second kappa shape index (κ2) is 7.09. The Labute approximate surface area is 113 Å². The molecule has 1 aromatic carbocycles. The lowest BCUT2D eigenvalue weighted by molar-refractivity contribution is 0.200. The molecule has 0 aliphatic carbocycles. The van der Waals surface area contributed by atoms with Gasteiger partial charge in [-0.1, -0.05) is 19.1 Å². The van der Waals surface area contributed by atoms with Crippen LogP contribution < -0.4 is 10.6 Å². The highest BCUT2D eigenvalue weighted by Gasteiger charge is 2.23. The van der Waals surface area contributed by atoms with Crippen LogP contribution in [-0.2, 0) is 6.54 Å². The normalized spacial score (nSPS) is 13.7. The van der Waals surface area contributed by atoms with Gasteiger partial charge in [0, 0.05) is 18.7 Å². The van der Waals surface area contributed by atoms with E-state index in [9.17, 15) is 9.18 Å². The number of urea groups is 1. The Bertz CT molecular complexity index is 426. The molecule has 5 heteroatoms. The van der Waals surface area contributed by atoms with Crippen LogP contribution in [0.1, 0.15) is 32.3 Å². The zero-order valence-electron chi connectivity index (χ0n) is 11.4. The van der Waals surface area contributed by atoms with E-state index < -0.39 is 5.54 Å². The molecule has 0 aliphatic heterocycles. The van der Waals surface area contributed by atoms with E-state index in [1.807, 2.05) is 13.8 Å². The predicted octanol–water partition coefficient (Wildman–Crippen LogP) is 2.18. The van der Waals surface area contributed by atoms with Crippen LogP contribution in [0, 0.1) is 5.82 Å². The summed E-state index contributed by atoms with van der Waals surface area (Å²) < 4.78 is 13.0. The van der Waals surface area contributed by atoms with Gasteiger partial charge in [-0.3, -0.25) is 0 Å². The third-order valence-corrected chi connectivity index (χ3v) is 3.20. The number of benzene rings is 1. The smallest absolute Gasteiger partial charge is 0.315 e. The molecule has 3 N–H and O–H groups in total. The summed E-state index contributed by atoms with van der Waals surface area (Å²) in [6.07, 6.45) is 1.22. The Morgan fingerprint density at radius 3 is 2.79 bits per heavy atom. The van der Waals surface area contributed by atoms with Crippen molar-refractivity contribution in [3.8, 4) is 0 Å². The molecule has 1 unspecified atom stereocenters. The molecule has 1 atom stereocenters. The number of carbonyl (C=O) groups is 1. The van der Waals surface area contributed by atoms with E-state index in [1.54, 1.807) is 12.1 Å². The van der Waals surface area contributed by atoms with E-state index in [-0.39, 0.29) is 25.0 Å². The lowest BCUT2D eigenvalue weighted by Gasteiger charge is -2.29. The summed E-state index contributed by atoms with van der Waals surface area (Å²) >= 11 is 0. The summed E-state index contributed by atoms with van der Waals surface area (Å²) in [5, 5.41) is 14.5. The third kappa shape index (κ3) is 5.26. The average molecular weight is 268 g/mol. The zero-order valence-corrected chi connectivity index (χ0v) is 11.4. The Balaban J connectivity index is 2.47. The van der Waals surface area contributed by atoms with Gasteiger partial charge in [0.25, 0.3) is 0 Å². The van der Waals surface area contributed by atoms with Crippen LogP contribution in [-0.4, -0.2) is 23.3 Å². The van der Waals surface area contributed by atoms with Crippen molar-refractivity contribution >= 4 is 6.03 Å². The highest BCUT2D eigenvalue weighted by atomic mass is 19.1. The van der Waals surface area contributed by atoms with Crippen molar-refractivity contribution in [3.63, 3.8) is 0 Å². The van der Waals surface area contributed by atoms with Gasteiger partial charge < -0.3 is 15.7 Å². The molecule has 1 aromatic rings. The fourth-order valence-electron chi connectivity index (χ4n) is 1.72. The molecule has 0 heterocycles. The molecule has 0 aliphatic rings. The first-order chi connectivity index (χ1) is 8.99. The van der Waals surface area contributed by atoms with Gasteiger partial charge in [0.05, 0.1) is 0 Å². The number of nitrogens with one attached hydrogen (secondary N) is 2. The van der Waals surface area contributed by atoms with Crippen molar-refractivity contribution < 1.29 is 14.3 Å². The van der Waals surface area contributed by atoms with Crippen molar-refractivity contribution in [1.82, 2.24) is 10.6 Å². The molecule has 4 nitrogen and oxygen atoms in total. The molecule has 0 bridgehead atoms. The van der Waals surface area contributed by atoms with Gasteiger partial charge in [-0.2, -0.15) is 0 Å². The van der Waals surface area contributed by atoms with Crippen molar-refractivity contribution in [3.05, 3.63) is 35.6 Å². The highest BCUT2D eigenvalue weighted by molar-refractivity contribution is 5.74. The van der Waals surface area contributed by atoms with Crippen LogP contribution in [0.15, 0.2) is 24.3 Å². The predicted molar refractivity (Wildman–Crippen MR) is 72.2 cm³/mol. The quantitative estimate of drug-likeness (QED) is 0.740. The minimum atomic E-state index is -0.430. The minimum absolute atomic E-state index is 0.0223. The summed E-state index contributed by atoms with van der Waals surface area (Å²) in [5.41, 5.74) is 0.274. The maximum atomic E-state index is 13.0. The zero-order chi connectivity index (χ0) is 14.3. The molecule has 0 saturated heterocycles. The van der Waals surface area contributed by atoms with Crippen LogP contribution in [0.5, 0.6) is 0 Å². The van der Waals surface area contributed by atoms with Crippen molar-refractivity contribution in [1.29, 1.82) is 0 Å². The number of hydrogen-bond donors (Lipinski definition) is 3. The van der Waals surface area contributed by atoms with E-state index in [4.69, 9.17) is 5.11 Å². The first kappa shape index (κ1) is 15.4. The monoisotopic (exact) mass is 268 g/mol. The van der Waals surface area contributed by atoms with E-state index in [0.29, 0.717) is 12.0 Å². The van der Waals surface area contributed by atoms with Crippen molar-refractivity contribution in [2.24, 2.45) is 0 Å². The standard InChI is InChI=1S/C14H21FN2O2/c1-3-14(2,7-8-18)17-13(19)16-10-11-5-4-6-12(15)9-11/h4-6,9,18H,3,7-8,10H2,1-2H3,(H2,16,17,19). The molecule has 106 valence electrons. The van der Waals surface area contributed by atoms with E-state index >= 15 is 0 Å². The second-order valence-corrected chi connectivity index (χ2v) is 4.83. The fraction of sp³-hybridized carbons (Fsp3) is 0.500. The molecule has 2 amide bonds. The van der Waals surface area contributed by atoms with Gasteiger partial charge in [0.1, 0.15) is 5.82 Å². The summed E-state index contributed by atoms with van der Waals surface area (Å²) in [6, 6.07) is 5.77. The number of halogens is 1. The summed E-state index contributed by atoms with van der Waals surface area (Å²) in [4.78, 5) is 11.8. The molecule has 0 aromatic heterocycles. The van der Waals surface area contributed by atoms with Crippen LogP contribution >= 0.6 is 0 Å². The van der Waals surface area contributed by atoms with Crippen LogP contribution in [0.4, 0.5) is 9.18 Å². The molecule has 19 heavy (non-hydrogen) atoms. The Morgan fingerprint density at radius 2 is 2.21 bits per heavy atom. The number of hydrogen-bond acceptors (Lipinski definition) is 2. The number of rotatable bonds is 6. The molecule has 0 fully saturated rings. The van der Waals surface area contributed by atoms with Gasteiger partial charge in [-0.25, -0.2) is 9.18 Å². The molecular formula is C14H21FN2O2. The van der Waals surface area contributed by atoms with Gasteiger partial charge >= 0.3 is 6.03 Å². The SMILES string of the molecule is CCC(C)(CCO)NC(=O)NCc1cccc(F)c1. The van der Waals surface area contributed by atoms with E-state index in [2.05, 4.69) is 10.6 Å². The minimum Gasteiger partial charge on any atom is -0.396 e. The molecule has 0 radical (unpaired) electrons. The molecule has 0 saturated carbocycles. The Kier molecular flexibility index (Phi) is 5.76. The fourth-order valence-corrected chi connectivity index (χ4v) is 1.72. The largest absolute Gasteiger partial charge is 0.396 e. The summed E-state index contributed by atoms with van der Waals surface area (Å²) in [6.45, 7) is 4.12. The Hall–Kier alpha value is -1.62. The number of aliphatic hydroxyl groups excluding tert-OH is 1. The average Bonchev–Trinajstić information content (AvgIpc) is 2.37. The van der Waals surface area contributed by atoms with E-state index in [1.165, 1.54) is 12.1 Å². The van der Waals surface area contributed by atoms with Gasteiger partial charge in [0.15, 0.2) is 0 Å². The Morgan fingerprint density at radius 1 is 1.47 bits per heavy atom.